The highest BCUT2D eigenvalue weighted by atomic mass is 35.5. The van der Waals surface area contributed by atoms with Crippen LogP contribution in [0, 0.1) is 0 Å². The van der Waals surface area contributed by atoms with Crippen molar-refractivity contribution in [2.45, 2.75) is 13.1 Å². The van der Waals surface area contributed by atoms with Gasteiger partial charge in [-0.15, -0.1) is 0 Å². The Morgan fingerprint density at radius 1 is 1.33 bits per heavy atom. The van der Waals surface area contributed by atoms with Gasteiger partial charge in [0.25, 0.3) is 5.91 Å². The average Bonchev–Trinajstić information content (AvgIpc) is 3.01. The number of nitrogens with zero attached hydrogens (tertiary/aromatic N) is 2. The number of benzene rings is 1. The van der Waals surface area contributed by atoms with Crippen LogP contribution in [-0.2, 0) is 13.1 Å². The molecule has 7 nitrogen and oxygen atoms in total. The van der Waals surface area contributed by atoms with Crippen LogP contribution in [0.5, 0.6) is 0 Å². The monoisotopic (exact) mass is 305 g/mol. The molecule has 0 saturated heterocycles. The maximum atomic E-state index is 12.2. The van der Waals surface area contributed by atoms with Gasteiger partial charge in [0.1, 0.15) is 0 Å². The Kier molecular flexibility index (Phi) is 3.26. The molecule has 2 heterocycles. The van der Waals surface area contributed by atoms with Gasteiger partial charge in [-0.1, -0.05) is 23.7 Å². The third-order valence-electron chi connectivity index (χ3n) is 3.31. The highest BCUT2D eigenvalue weighted by molar-refractivity contribution is 6.34. The summed E-state index contributed by atoms with van der Waals surface area (Å²) in [5.41, 5.74) is 7.13. The number of aromatic amines is 1. The summed E-state index contributed by atoms with van der Waals surface area (Å²) >= 11 is 5.98. The van der Waals surface area contributed by atoms with Gasteiger partial charge in [-0.05, 0) is 12.1 Å². The lowest BCUT2D eigenvalue weighted by Crippen LogP contribution is -2.31. The zero-order chi connectivity index (χ0) is 15.0. The fourth-order valence-electron chi connectivity index (χ4n) is 2.22. The Morgan fingerprint density at radius 2 is 2.10 bits per heavy atom. The van der Waals surface area contributed by atoms with Crippen molar-refractivity contribution in [1.29, 1.82) is 0 Å². The van der Waals surface area contributed by atoms with Gasteiger partial charge < -0.3 is 16.0 Å². The number of nitrogens with two attached hydrogens (primary N) is 1. The van der Waals surface area contributed by atoms with Crippen LogP contribution in [0.3, 0.4) is 0 Å². The predicted octanol–water partition coefficient (Wildman–Crippen LogP) is 1.71. The van der Waals surface area contributed by atoms with Crippen molar-refractivity contribution in [3.63, 3.8) is 0 Å². The van der Waals surface area contributed by atoms with E-state index in [1.165, 1.54) is 4.90 Å². The third-order valence-corrected chi connectivity index (χ3v) is 3.64. The summed E-state index contributed by atoms with van der Waals surface area (Å²) in [6.45, 7) is 0.679. The first-order chi connectivity index (χ1) is 10.1. The number of amides is 3. The van der Waals surface area contributed by atoms with Crippen molar-refractivity contribution < 1.29 is 9.59 Å². The smallest absolute Gasteiger partial charge is 0.315 e. The number of aromatic nitrogens is 2. The molecule has 0 spiro atoms. The lowest BCUT2D eigenvalue weighted by atomic mass is 10.2. The maximum Gasteiger partial charge on any atom is 0.315 e. The van der Waals surface area contributed by atoms with Crippen LogP contribution in [0.2, 0.25) is 5.02 Å². The number of nitrogens with one attached hydrogen (secondary N) is 2. The van der Waals surface area contributed by atoms with E-state index in [0.717, 1.165) is 11.3 Å². The second-order valence-electron chi connectivity index (χ2n) is 4.66. The number of carbonyl (C=O) groups is 2. The molecule has 0 atom stereocenters. The van der Waals surface area contributed by atoms with Crippen molar-refractivity contribution in [2.75, 3.05) is 5.32 Å². The summed E-state index contributed by atoms with van der Waals surface area (Å²) in [6, 6.07) is 6.23. The molecule has 1 aromatic heterocycles. The average molecular weight is 306 g/mol. The molecule has 1 aliphatic heterocycles. The van der Waals surface area contributed by atoms with Crippen molar-refractivity contribution in [2.24, 2.45) is 5.73 Å². The SMILES string of the molecule is NC(=O)N1Cc2[nH]nc(NC(=O)c3ccccc3Cl)c2C1. The number of hydrogen-bond donors (Lipinski definition) is 3. The van der Waals surface area contributed by atoms with E-state index in [9.17, 15) is 9.59 Å². The van der Waals surface area contributed by atoms with Gasteiger partial charge in [-0.3, -0.25) is 9.89 Å². The zero-order valence-corrected chi connectivity index (χ0v) is 11.6. The number of urea groups is 1. The molecule has 3 rings (SSSR count). The van der Waals surface area contributed by atoms with Crippen molar-refractivity contribution in [1.82, 2.24) is 15.1 Å². The standard InChI is InChI=1S/C13H12ClN5O2/c14-9-4-2-1-3-7(9)12(20)16-11-8-5-19(13(15)21)6-10(8)17-18-11/h1-4H,5-6H2,(H2,15,21)(H2,16,17,18,20). The van der Waals surface area contributed by atoms with E-state index in [1.54, 1.807) is 24.3 Å². The number of halogens is 1. The third kappa shape index (κ3) is 2.43. The summed E-state index contributed by atoms with van der Waals surface area (Å²) < 4.78 is 0. The van der Waals surface area contributed by atoms with E-state index >= 15 is 0 Å². The minimum absolute atomic E-state index is 0.319. The normalized spacial score (nSPS) is 13.1. The molecule has 8 heteroatoms. The molecule has 0 aliphatic carbocycles. The van der Waals surface area contributed by atoms with Crippen LogP contribution in [-0.4, -0.2) is 27.0 Å². The van der Waals surface area contributed by atoms with Gasteiger partial charge in [0, 0.05) is 5.56 Å². The number of H-pyrrole nitrogens is 1. The van der Waals surface area contributed by atoms with Crippen LogP contribution in [0.4, 0.5) is 10.6 Å². The first-order valence-corrected chi connectivity index (χ1v) is 6.60. The molecule has 1 aliphatic rings. The Labute approximate surface area is 125 Å². The van der Waals surface area contributed by atoms with E-state index in [2.05, 4.69) is 15.5 Å². The fourth-order valence-corrected chi connectivity index (χ4v) is 2.44. The van der Waals surface area contributed by atoms with Gasteiger partial charge in [-0.2, -0.15) is 5.10 Å². The molecule has 2 aromatic rings. The first kappa shape index (κ1) is 13.4. The van der Waals surface area contributed by atoms with E-state index in [-0.39, 0.29) is 5.91 Å². The van der Waals surface area contributed by atoms with E-state index in [0.29, 0.717) is 29.5 Å². The predicted molar refractivity (Wildman–Crippen MR) is 76.8 cm³/mol. The quantitative estimate of drug-likeness (QED) is 0.786. The number of primary amides is 1. The van der Waals surface area contributed by atoms with Gasteiger partial charge in [0.15, 0.2) is 5.82 Å². The molecule has 0 fully saturated rings. The van der Waals surface area contributed by atoms with E-state index in [4.69, 9.17) is 17.3 Å². The number of fused-ring (bicyclic) bond motifs is 1. The molecule has 4 N–H and O–H groups in total. The zero-order valence-electron chi connectivity index (χ0n) is 10.9. The second-order valence-corrected chi connectivity index (χ2v) is 5.06. The van der Waals surface area contributed by atoms with Gasteiger partial charge in [0.2, 0.25) is 0 Å². The lowest BCUT2D eigenvalue weighted by molar-refractivity contribution is 0.102. The summed E-state index contributed by atoms with van der Waals surface area (Å²) in [6.07, 6.45) is 0. The fraction of sp³-hybridized carbons (Fsp3) is 0.154. The highest BCUT2D eigenvalue weighted by Gasteiger charge is 2.27. The van der Waals surface area contributed by atoms with Crippen molar-refractivity contribution >= 4 is 29.4 Å². The minimum atomic E-state index is -0.511. The van der Waals surface area contributed by atoms with Crippen LogP contribution >= 0.6 is 11.6 Å². The lowest BCUT2D eigenvalue weighted by Gasteiger charge is -2.11. The second kappa shape index (κ2) is 5.10. The van der Waals surface area contributed by atoms with Crippen LogP contribution < -0.4 is 11.1 Å². The maximum absolute atomic E-state index is 12.2. The van der Waals surface area contributed by atoms with Gasteiger partial charge >= 0.3 is 6.03 Å². The number of hydrogen-bond acceptors (Lipinski definition) is 3. The molecule has 0 saturated carbocycles. The molecular formula is C13H12ClN5O2. The van der Waals surface area contributed by atoms with E-state index < -0.39 is 6.03 Å². The Balaban J connectivity index is 1.81. The molecule has 1 aromatic carbocycles. The van der Waals surface area contributed by atoms with Gasteiger partial charge in [0.05, 0.1) is 29.4 Å². The minimum Gasteiger partial charge on any atom is -0.351 e. The summed E-state index contributed by atoms with van der Waals surface area (Å²) in [7, 11) is 0. The molecule has 0 bridgehead atoms. The Hall–Kier alpha value is -2.54. The Morgan fingerprint density at radius 3 is 2.81 bits per heavy atom. The van der Waals surface area contributed by atoms with Crippen molar-refractivity contribution in [3.05, 3.63) is 46.1 Å². The van der Waals surface area contributed by atoms with Crippen molar-refractivity contribution in [3.8, 4) is 0 Å². The van der Waals surface area contributed by atoms with E-state index in [1.807, 2.05) is 0 Å². The molecule has 21 heavy (non-hydrogen) atoms. The molecule has 3 amide bonds. The number of rotatable bonds is 2. The summed E-state index contributed by atoms with van der Waals surface area (Å²) in [5.74, 6) is 0.0334. The van der Waals surface area contributed by atoms with Gasteiger partial charge in [-0.25, -0.2) is 4.79 Å². The number of carbonyl (C=O) groups excluding carboxylic acids is 2. The molecule has 0 unspecified atom stereocenters. The first-order valence-electron chi connectivity index (χ1n) is 6.22. The van der Waals surface area contributed by atoms with Crippen LogP contribution in [0.15, 0.2) is 24.3 Å². The van der Waals surface area contributed by atoms with Crippen LogP contribution in [0.1, 0.15) is 21.6 Å². The largest absolute Gasteiger partial charge is 0.351 e. The molecule has 0 radical (unpaired) electrons. The van der Waals surface area contributed by atoms with Crippen LogP contribution in [0.25, 0.3) is 0 Å². The Bertz CT molecular complexity index is 727. The summed E-state index contributed by atoms with van der Waals surface area (Å²) in [5, 5.41) is 9.90. The summed E-state index contributed by atoms with van der Waals surface area (Å²) in [4.78, 5) is 24.8. The molecule has 108 valence electrons. The highest BCUT2D eigenvalue weighted by Crippen LogP contribution is 2.27. The number of anilines is 1. The topological polar surface area (TPSA) is 104 Å². The molecular weight excluding hydrogens is 294 g/mol.